The summed E-state index contributed by atoms with van der Waals surface area (Å²) in [5.41, 5.74) is 1.13. The zero-order chi connectivity index (χ0) is 14.5. The van der Waals surface area contributed by atoms with Crippen LogP contribution < -0.4 is 4.74 Å². The number of carbonyl (C=O) groups excluding carboxylic acids is 1. The molecule has 20 heavy (non-hydrogen) atoms. The van der Waals surface area contributed by atoms with Gasteiger partial charge in [-0.3, -0.25) is 4.79 Å². The van der Waals surface area contributed by atoms with Crippen LogP contribution in [0.1, 0.15) is 15.9 Å². The highest BCUT2D eigenvalue weighted by Gasteiger charge is 2.03. The Balaban J connectivity index is 2.15. The van der Waals surface area contributed by atoms with E-state index in [2.05, 4.69) is 0 Å². The summed E-state index contributed by atoms with van der Waals surface area (Å²) in [4.78, 5) is 12.0. The molecule has 0 spiro atoms. The van der Waals surface area contributed by atoms with Crippen LogP contribution in [0.2, 0.25) is 5.02 Å². The van der Waals surface area contributed by atoms with E-state index < -0.39 is 5.82 Å². The van der Waals surface area contributed by atoms with Gasteiger partial charge in [0, 0.05) is 5.56 Å². The summed E-state index contributed by atoms with van der Waals surface area (Å²) < 4.78 is 17.9. The van der Waals surface area contributed by atoms with Crippen molar-refractivity contribution < 1.29 is 13.9 Å². The molecule has 0 radical (unpaired) electrons. The average molecular weight is 291 g/mol. The molecule has 0 fully saturated rings. The third-order valence-electron chi connectivity index (χ3n) is 2.75. The lowest BCUT2D eigenvalue weighted by molar-refractivity contribution is 0.104. The van der Waals surface area contributed by atoms with Gasteiger partial charge >= 0.3 is 0 Å². The van der Waals surface area contributed by atoms with Gasteiger partial charge in [0.2, 0.25) is 0 Å². The van der Waals surface area contributed by atoms with Gasteiger partial charge in [-0.15, -0.1) is 0 Å². The molecule has 0 amide bonds. The number of benzene rings is 2. The van der Waals surface area contributed by atoms with E-state index in [-0.39, 0.29) is 10.8 Å². The maximum atomic E-state index is 12.9. The van der Waals surface area contributed by atoms with Gasteiger partial charge in [0.25, 0.3) is 0 Å². The molecular weight excluding hydrogens is 279 g/mol. The highest BCUT2D eigenvalue weighted by Crippen LogP contribution is 2.19. The Labute approximate surface area is 121 Å². The van der Waals surface area contributed by atoms with Crippen molar-refractivity contribution in [3.63, 3.8) is 0 Å². The van der Waals surface area contributed by atoms with Gasteiger partial charge in [0.15, 0.2) is 5.78 Å². The minimum atomic E-state index is -0.409. The molecule has 0 N–H and O–H groups in total. The van der Waals surface area contributed by atoms with Crippen molar-refractivity contribution in [3.05, 3.63) is 70.5 Å². The number of ether oxygens (including phenoxy) is 1. The Morgan fingerprint density at radius 2 is 1.90 bits per heavy atom. The van der Waals surface area contributed by atoms with Crippen LogP contribution in [0.15, 0.2) is 48.5 Å². The first-order chi connectivity index (χ1) is 9.60. The molecule has 0 bridgehead atoms. The molecule has 0 unspecified atom stereocenters. The molecule has 0 saturated carbocycles. The first-order valence-electron chi connectivity index (χ1n) is 5.91. The zero-order valence-electron chi connectivity index (χ0n) is 10.8. The summed E-state index contributed by atoms with van der Waals surface area (Å²) in [6.45, 7) is 0. The van der Waals surface area contributed by atoms with Crippen LogP contribution >= 0.6 is 11.6 Å². The molecule has 102 valence electrons. The molecule has 0 aliphatic heterocycles. The normalized spacial score (nSPS) is 10.8. The summed E-state index contributed by atoms with van der Waals surface area (Å²) in [6.07, 6.45) is 2.97. The fourth-order valence-corrected chi connectivity index (χ4v) is 1.88. The predicted molar refractivity (Wildman–Crippen MR) is 77.8 cm³/mol. The molecule has 0 aliphatic rings. The first-order valence-corrected chi connectivity index (χ1v) is 6.29. The summed E-state index contributed by atoms with van der Waals surface area (Å²) >= 11 is 5.88. The van der Waals surface area contributed by atoms with Crippen molar-refractivity contribution in [2.24, 2.45) is 0 Å². The van der Waals surface area contributed by atoms with Crippen LogP contribution in [0.4, 0.5) is 4.39 Å². The summed E-state index contributed by atoms with van der Waals surface area (Å²) in [6, 6.07) is 10.8. The van der Waals surface area contributed by atoms with E-state index in [0.29, 0.717) is 16.9 Å². The number of rotatable bonds is 4. The molecule has 4 heteroatoms. The molecule has 0 saturated heterocycles. The molecule has 2 aromatic rings. The number of halogens is 2. The van der Waals surface area contributed by atoms with Crippen LogP contribution in [-0.2, 0) is 0 Å². The Kier molecular flexibility index (Phi) is 4.53. The largest absolute Gasteiger partial charge is 0.497 e. The number of ketones is 1. The fourth-order valence-electron chi connectivity index (χ4n) is 1.65. The van der Waals surface area contributed by atoms with E-state index in [1.165, 1.54) is 24.3 Å². The SMILES string of the molecule is COc1ccc(C(=O)/C=C/c2ccc(F)cc2Cl)cc1. The van der Waals surface area contributed by atoms with Crippen molar-refractivity contribution in [2.45, 2.75) is 0 Å². The van der Waals surface area contributed by atoms with Gasteiger partial charge in [-0.2, -0.15) is 0 Å². The van der Waals surface area contributed by atoms with Crippen molar-refractivity contribution in [1.29, 1.82) is 0 Å². The lowest BCUT2D eigenvalue weighted by Gasteiger charge is -2.00. The molecule has 0 aliphatic carbocycles. The molecule has 2 aromatic carbocycles. The van der Waals surface area contributed by atoms with E-state index in [1.807, 2.05) is 0 Å². The highest BCUT2D eigenvalue weighted by molar-refractivity contribution is 6.32. The standard InChI is InChI=1S/C16H12ClFO2/c1-20-14-7-3-12(4-8-14)16(19)9-5-11-2-6-13(18)10-15(11)17/h2-10H,1H3/b9-5+. The maximum Gasteiger partial charge on any atom is 0.185 e. The quantitative estimate of drug-likeness (QED) is 0.617. The van der Waals surface area contributed by atoms with Crippen LogP contribution in [0.5, 0.6) is 5.75 Å². The molecular formula is C16H12ClFO2. The van der Waals surface area contributed by atoms with Crippen LogP contribution in [0.3, 0.4) is 0 Å². The number of hydrogen-bond donors (Lipinski definition) is 0. The number of hydrogen-bond acceptors (Lipinski definition) is 2. The van der Waals surface area contributed by atoms with Crippen molar-refractivity contribution in [3.8, 4) is 5.75 Å². The topological polar surface area (TPSA) is 26.3 Å². The lowest BCUT2D eigenvalue weighted by Crippen LogP contribution is -1.94. The number of methoxy groups -OCH3 is 1. The zero-order valence-corrected chi connectivity index (χ0v) is 11.5. The van der Waals surface area contributed by atoms with Crippen molar-refractivity contribution in [1.82, 2.24) is 0 Å². The van der Waals surface area contributed by atoms with Crippen LogP contribution in [0.25, 0.3) is 6.08 Å². The van der Waals surface area contributed by atoms with E-state index in [1.54, 1.807) is 37.5 Å². The second-order valence-corrected chi connectivity index (χ2v) is 4.50. The smallest absolute Gasteiger partial charge is 0.185 e. The Morgan fingerprint density at radius 1 is 1.20 bits per heavy atom. The third kappa shape index (κ3) is 3.45. The minimum Gasteiger partial charge on any atom is -0.497 e. The second-order valence-electron chi connectivity index (χ2n) is 4.09. The molecule has 0 heterocycles. The van der Waals surface area contributed by atoms with Crippen molar-refractivity contribution in [2.75, 3.05) is 7.11 Å². The fraction of sp³-hybridized carbons (Fsp3) is 0.0625. The molecule has 2 rings (SSSR count). The summed E-state index contributed by atoms with van der Waals surface area (Å²) in [5.74, 6) is 0.119. The Bertz CT molecular complexity index is 648. The maximum absolute atomic E-state index is 12.9. The van der Waals surface area contributed by atoms with Gasteiger partial charge in [0.05, 0.1) is 12.1 Å². The van der Waals surface area contributed by atoms with Crippen LogP contribution in [-0.4, -0.2) is 12.9 Å². The van der Waals surface area contributed by atoms with E-state index >= 15 is 0 Å². The van der Waals surface area contributed by atoms with Gasteiger partial charge < -0.3 is 4.74 Å². The number of carbonyl (C=O) groups is 1. The second kappa shape index (κ2) is 6.35. The summed E-state index contributed by atoms with van der Waals surface area (Å²) in [7, 11) is 1.56. The summed E-state index contributed by atoms with van der Waals surface area (Å²) in [5, 5.41) is 0.267. The van der Waals surface area contributed by atoms with E-state index in [4.69, 9.17) is 16.3 Å². The van der Waals surface area contributed by atoms with Gasteiger partial charge in [-0.05, 0) is 54.1 Å². The highest BCUT2D eigenvalue weighted by atomic mass is 35.5. The van der Waals surface area contributed by atoms with E-state index in [0.717, 1.165) is 0 Å². The first kappa shape index (κ1) is 14.3. The number of allylic oxidation sites excluding steroid dienone is 1. The van der Waals surface area contributed by atoms with E-state index in [9.17, 15) is 9.18 Å². The molecule has 2 nitrogen and oxygen atoms in total. The molecule has 0 aromatic heterocycles. The predicted octanol–water partition coefficient (Wildman–Crippen LogP) is 4.38. The molecule has 0 atom stereocenters. The minimum absolute atomic E-state index is 0.159. The van der Waals surface area contributed by atoms with Gasteiger partial charge in [0.1, 0.15) is 11.6 Å². The van der Waals surface area contributed by atoms with Gasteiger partial charge in [-0.25, -0.2) is 4.39 Å². The lowest BCUT2D eigenvalue weighted by atomic mass is 10.1. The van der Waals surface area contributed by atoms with Crippen molar-refractivity contribution >= 4 is 23.5 Å². The third-order valence-corrected chi connectivity index (χ3v) is 3.08. The van der Waals surface area contributed by atoms with Gasteiger partial charge in [-0.1, -0.05) is 17.7 Å². The Hall–Kier alpha value is -2.13. The average Bonchev–Trinajstić information content (AvgIpc) is 2.46. The Morgan fingerprint density at radius 3 is 2.50 bits per heavy atom. The monoisotopic (exact) mass is 290 g/mol. The van der Waals surface area contributed by atoms with Crippen LogP contribution in [0, 0.1) is 5.82 Å².